The number of aromatic nitrogens is 1. The summed E-state index contributed by atoms with van der Waals surface area (Å²) in [7, 11) is 0. The third kappa shape index (κ3) is 1.62. The van der Waals surface area contributed by atoms with Crippen LogP contribution in [0.1, 0.15) is 11.1 Å². The average Bonchev–Trinajstić information content (AvgIpc) is 2.58. The van der Waals surface area contributed by atoms with Gasteiger partial charge in [0.1, 0.15) is 0 Å². The minimum absolute atomic E-state index is 0.666. The summed E-state index contributed by atoms with van der Waals surface area (Å²) in [6, 6.07) is 8.04. The van der Waals surface area contributed by atoms with E-state index in [0.29, 0.717) is 10.0 Å². The molecule has 0 saturated carbocycles. The van der Waals surface area contributed by atoms with Crippen LogP contribution in [0.15, 0.2) is 24.3 Å². The molecule has 0 radical (unpaired) electrons. The lowest BCUT2D eigenvalue weighted by molar-refractivity contribution is 1.36. The lowest BCUT2D eigenvalue weighted by atomic mass is 10.1. The van der Waals surface area contributed by atoms with Gasteiger partial charge in [-0.15, -0.1) is 0 Å². The summed E-state index contributed by atoms with van der Waals surface area (Å²) in [5, 5.41) is 3.59. The number of halogens is 2. The molecule has 0 bridgehead atoms. The minimum atomic E-state index is 0.666. The molecule has 1 nitrogen and oxygen atoms in total. The van der Waals surface area contributed by atoms with Crippen molar-refractivity contribution < 1.29 is 0 Å². The fourth-order valence-corrected chi connectivity index (χ4v) is 2.73. The Morgan fingerprint density at radius 1 is 0.882 bits per heavy atom. The quantitative estimate of drug-likeness (QED) is 0.571. The Kier molecular flexibility index (Phi) is 2.35. The molecular weight excluding hydrogens is 253 g/mol. The normalized spacial score (nSPS) is 11.5. The molecule has 0 spiro atoms. The van der Waals surface area contributed by atoms with E-state index in [1.54, 1.807) is 6.07 Å². The molecule has 3 aromatic rings. The van der Waals surface area contributed by atoms with E-state index in [4.69, 9.17) is 23.2 Å². The zero-order chi connectivity index (χ0) is 12.2. The molecule has 0 unspecified atom stereocenters. The Morgan fingerprint density at radius 2 is 1.59 bits per heavy atom. The molecule has 1 aromatic heterocycles. The number of benzene rings is 2. The molecule has 86 valence electrons. The van der Waals surface area contributed by atoms with Gasteiger partial charge in [-0.1, -0.05) is 23.2 Å². The number of hydrogen-bond acceptors (Lipinski definition) is 0. The zero-order valence-electron chi connectivity index (χ0n) is 9.57. The van der Waals surface area contributed by atoms with Crippen LogP contribution in [0.2, 0.25) is 10.0 Å². The number of H-pyrrole nitrogens is 1. The highest BCUT2D eigenvalue weighted by molar-refractivity contribution is 6.39. The second-order valence-corrected chi connectivity index (χ2v) is 5.26. The summed E-state index contributed by atoms with van der Waals surface area (Å²) >= 11 is 12.3. The van der Waals surface area contributed by atoms with Crippen molar-refractivity contribution in [1.29, 1.82) is 0 Å². The maximum Gasteiger partial charge on any atom is 0.0662 e. The Bertz CT molecular complexity index is 741. The van der Waals surface area contributed by atoms with E-state index in [-0.39, 0.29) is 0 Å². The van der Waals surface area contributed by atoms with Crippen molar-refractivity contribution in [3.8, 4) is 0 Å². The first-order chi connectivity index (χ1) is 8.06. The first-order valence-corrected chi connectivity index (χ1v) is 6.19. The fourth-order valence-electron chi connectivity index (χ4n) is 2.19. The molecule has 3 heteroatoms. The van der Waals surface area contributed by atoms with Gasteiger partial charge in [-0.05, 0) is 49.2 Å². The van der Waals surface area contributed by atoms with Crippen molar-refractivity contribution >= 4 is 45.0 Å². The molecular formula is C14H11Cl2N. The second-order valence-electron chi connectivity index (χ2n) is 4.42. The van der Waals surface area contributed by atoms with E-state index in [1.807, 2.05) is 6.07 Å². The Hall–Kier alpha value is -1.18. The van der Waals surface area contributed by atoms with Crippen LogP contribution in [0.25, 0.3) is 21.8 Å². The van der Waals surface area contributed by atoms with Crippen molar-refractivity contribution in [1.82, 2.24) is 4.98 Å². The van der Waals surface area contributed by atoms with Gasteiger partial charge in [-0.2, -0.15) is 0 Å². The van der Waals surface area contributed by atoms with Crippen LogP contribution in [-0.4, -0.2) is 4.98 Å². The standard InChI is InChI=1S/C14H11Cl2N/c1-7-3-10-11-5-9(15)6-12(16)14(11)17-13(10)4-8(7)2/h3-6,17H,1-2H3. The zero-order valence-corrected chi connectivity index (χ0v) is 11.1. The van der Waals surface area contributed by atoms with Crippen LogP contribution >= 0.6 is 23.2 Å². The molecule has 0 aliphatic heterocycles. The molecule has 0 fully saturated rings. The smallest absolute Gasteiger partial charge is 0.0662 e. The summed E-state index contributed by atoms with van der Waals surface area (Å²) in [6.07, 6.45) is 0. The largest absolute Gasteiger partial charge is 0.353 e. The Labute approximate surface area is 109 Å². The molecule has 1 N–H and O–H groups in total. The van der Waals surface area contributed by atoms with Crippen LogP contribution in [-0.2, 0) is 0 Å². The van der Waals surface area contributed by atoms with Crippen LogP contribution < -0.4 is 0 Å². The van der Waals surface area contributed by atoms with E-state index < -0.39 is 0 Å². The van der Waals surface area contributed by atoms with Gasteiger partial charge in [0.05, 0.1) is 10.5 Å². The highest BCUT2D eigenvalue weighted by Crippen LogP contribution is 2.34. The van der Waals surface area contributed by atoms with Gasteiger partial charge in [0.15, 0.2) is 0 Å². The summed E-state index contributed by atoms with van der Waals surface area (Å²) in [6.45, 7) is 4.22. The van der Waals surface area contributed by atoms with Gasteiger partial charge >= 0.3 is 0 Å². The van der Waals surface area contributed by atoms with E-state index >= 15 is 0 Å². The predicted molar refractivity (Wildman–Crippen MR) is 75.3 cm³/mol. The van der Waals surface area contributed by atoms with Crippen molar-refractivity contribution in [3.63, 3.8) is 0 Å². The summed E-state index contributed by atoms with van der Waals surface area (Å²) < 4.78 is 0. The number of fused-ring (bicyclic) bond motifs is 3. The number of aromatic amines is 1. The van der Waals surface area contributed by atoms with Gasteiger partial charge in [-0.3, -0.25) is 0 Å². The van der Waals surface area contributed by atoms with Gasteiger partial charge in [0, 0.05) is 21.3 Å². The summed E-state index contributed by atoms with van der Waals surface area (Å²) in [4.78, 5) is 3.35. The number of rotatable bonds is 0. The van der Waals surface area contributed by atoms with Gasteiger partial charge in [-0.25, -0.2) is 0 Å². The highest BCUT2D eigenvalue weighted by Gasteiger charge is 2.09. The Morgan fingerprint density at radius 3 is 2.35 bits per heavy atom. The maximum atomic E-state index is 6.20. The minimum Gasteiger partial charge on any atom is -0.353 e. The van der Waals surface area contributed by atoms with Crippen LogP contribution in [0.4, 0.5) is 0 Å². The van der Waals surface area contributed by atoms with E-state index in [0.717, 1.165) is 16.4 Å². The molecule has 2 aromatic carbocycles. The molecule has 0 saturated heterocycles. The maximum absolute atomic E-state index is 6.20. The van der Waals surface area contributed by atoms with Gasteiger partial charge in [0.25, 0.3) is 0 Å². The van der Waals surface area contributed by atoms with Crippen molar-refractivity contribution in [2.24, 2.45) is 0 Å². The average molecular weight is 264 g/mol. The first kappa shape index (κ1) is 10.9. The fraction of sp³-hybridized carbons (Fsp3) is 0.143. The van der Waals surface area contributed by atoms with Gasteiger partial charge in [0.2, 0.25) is 0 Å². The van der Waals surface area contributed by atoms with E-state index in [2.05, 4.69) is 31.0 Å². The molecule has 1 heterocycles. The monoisotopic (exact) mass is 263 g/mol. The van der Waals surface area contributed by atoms with Crippen molar-refractivity contribution in [2.75, 3.05) is 0 Å². The predicted octanol–water partition coefficient (Wildman–Crippen LogP) is 5.24. The topological polar surface area (TPSA) is 15.8 Å². The highest BCUT2D eigenvalue weighted by atomic mass is 35.5. The number of aryl methyl sites for hydroxylation is 2. The number of hydrogen-bond donors (Lipinski definition) is 1. The Balaban J connectivity index is 2.55. The van der Waals surface area contributed by atoms with Crippen LogP contribution in [0, 0.1) is 13.8 Å². The van der Waals surface area contributed by atoms with Crippen molar-refractivity contribution in [2.45, 2.75) is 13.8 Å². The van der Waals surface area contributed by atoms with Gasteiger partial charge < -0.3 is 4.98 Å². The van der Waals surface area contributed by atoms with E-state index in [1.165, 1.54) is 16.5 Å². The van der Waals surface area contributed by atoms with Crippen molar-refractivity contribution in [3.05, 3.63) is 45.4 Å². The van der Waals surface area contributed by atoms with Crippen LogP contribution in [0.5, 0.6) is 0 Å². The number of nitrogens with one attached hydrogen (secondary N) is 1. The van der Waals surface area contributed by atoms with Crippen LogP contribution in [0.3, 0.4) is 0 Å². The lowest BCUT2D eigenvalue weighted by Gasteiger charge is -1.99. The second kappa shape index (κ2) is 3.66. The molecule has 3 rings (SSSR count). The third-order valence-corrected chi connectivity index (χ3v) is 3.76. The molecule has 17 heavy (non-hydrogen) atoms. The molecule has 0 aliphatic carbocycles. The SMILES string of the molecule is Cc1cc2[nH]c3c(Cl)cc(Cl)cc3c2cc1C. The first-order valence-electron chi connectivity index (χ1n) is 5.44. The summed E-state index contributed by atoms with van der Waals surface area (Å²) in [5.41, 5.74) is 4.60. The molecule has 0 aliphatic rings. The third-order valence-electron chi connectivity index (χ3n) is 3.24. The molecule has 0 amide bonds. The van der Waals surface area contributed by atoms with E-state index in [9.17, 15) is 0 Å². The molecule has 0 atom stereocenters. The summed E-state index contributed by atoms with van der Waals surface area (Å²) in [5.74, 6) is 0. The lowest BCUT2D eigenvalue weighted by Crippen LogP contribution is -1.79.